The maximum Gasteiger partial charge on any atom is 0.328 e. The van der Waals surface area contributed by atoms with E-state index in [9.17, 15) is 29.4 Å². The van der Waals surface area contributed by atoms with Gasteiger partial charge >= 0.3 is 23.9 Å². The maximum absolute atomic E-state index is 15.0. The van der Waals surface area contributed by atoms with Crippen molar-refractivity contribution in [3.63, 3.8) is 0 Å². The zero-order valence-electron chi connectivity index (χ0n) is 23.8. The van der Waals surface area contributed by atoms with Gasteiger partial charge in [0.1, 0.15) is 11.7 Å². The number of esters is 4. The SMILES string of the molecule is CCCC(=O)O[C@H]1[C@H](OC(=O)CCC)COC(OC(=O)C(C)(N)CC(F)c2ccc(O)c(O)c2)[C@@H]1OC(=O)CCC. The van der Waals surface area contributed by atoms with E-state index in [1.54, 1.807) is 20.8 Å². The Bertz CT molecular complexity index is 1060. The van der Waals surface area contributed by atoms with Crippen molar-refractivity contribution in [3.05, 3.63) is 23.8 Å². The molecule has 1 aromatic rings. The molecule has 0 aromatic heterocycles. The number of benzene rings is 1. The van der Waals surface area contributed by atoms with E-state index < -0.39 is 78.1 Å². The summed E-state index contributed by atoms with van der Waals surface area (Å²) in [6, 6.07) is 3.33. The molecule has 1 aromatic carbocycles. The zero-order chi connectivity index (χ0) is 30.7. The fourth-order valence-electron chi connectivity index (χ4n) is 4.02. The number of rotatable bonds is 14. The fraction of sp³-hybridized carbons (Fsp3) is 0.643. The molecule has 0 saturated carbocycles. The van der Waals surface area contributed by atoms with Crippen LogP contribution in [0.2, 0.25) is 0 Å². The summed E-state index contributed by atoms with van der Waals surface area (Å²) in [7, 11) is 0. The van der Waals surface area contributed by atoms with Crippen molar-refractivity contribution < 1.29 is 57.5 Å². The summed E-state index contributed by atoms with van der Waals surface area (Å²) in [6.07, 6.45) is -6.60. The molecular formula is C28H40FNO11. The van der Waals surface area contributed by atoms with Crippen LogP contribution in [0.4, 0.5) is 4.39 Å². The van der Waals surface area contributed by atoms with Crippen molar-refractivity contribution in [2.75, 3.05) is 6.61 Å². The van der Waals surface area contributed by atoms with Gasteiger partial charge in [0.05, 0.1) is 6.61 Å². The van der Waals surface area contributed by atoms with E-state index in [0.717, 1.165) is 12.1 Å². The lowest BCUT2D eigenvalue weighted by molar-refractivity contribution is -0.277. The maximum atomic E-state index is 15.0. The summed E-state index contributed by atoms with van der Waals surface area (Å²) in [6.45, 7) is 6.13. The molecule has 0 spiro atoms. The van der Waals surface area contributed by atoms with Crippen LogP contribution in [-0.2, 0) is 42.9 Å². The summed E-state index contributed by atoms with van der Waals surface area (Å²) < 4.78 is 42.6. The number of aromatic hydroxyl groups is 2. The number of alkyl halides is 1. The highest BCUT2D eigenvalue weighted by molar-refractivity contribution is 5.80. The monoisotopic (exact) mass is 585 g/mol. The normalized spacial score (nSPS) is 22.6. The molecule has 0 amide bonds. The third-order valence-electron chi connectivity index (χ3n) is 6.22. The molecule has 12 nitrogen and oxygen atoms in total. The van der Waals surface area contributed by atoms with Crippen LogP contribution in [0.1, 0.15) is 84.4 Å². The molecule has 1 fully saturated rings. The number of carbonyl (C=O) groups excluding carboxylic acids is 4. The molecule has 13 heteroatoms. The topological polar surface area (TPSA) is 181 Å². The van der Waals surface area contributed by atoms with Crippen LogP contribution in [0, 0.1) is 0 Å². The lowest BCUT2D eigenvalue weighted by Crippen LogP contribution is -2.60. The Hall–Kier alpha value is -3.45. The molecular weight excluding hydrogens is 545 g/mol. The van der Waals surface area contributed by atoms with Crippen LogP contribution < -0.4 is 5.73 Å². The molecule has 4 N–H and O–H groups in total. The van der Waals surface area contributed by atoms with E-state index in [1.165, 1.54) is 13.0 Å². The van der Waals surface area contributed by atoms with Crippen LogP contribution >= 0.6 is 0 Å². The van der Waals surface area contributed by atoms with Gasteiger partial charge in [-0.25, -0.2) is 9.18 Å². The fourth-order valence-corrected chi connectivity index (χ4v) is 4.02. The molecule has 6 atom stereocenters. The van der Waals surface area contributed by atoms with Gasteiger partial charge in [-0.05, 0) is 43.9 Å². The lowest BCUT2D eigenvalue weighted by Gasteiger charge is -2.41. The number of phenolic OH excluding ortho intramolecular Hbond substituents is 2. The zero-order valence-corrected chi connectivity index (χ0v) is 23.8. The van der Waals surface area contributed by atoms with Crippen LogP contribution in [0.5, 0.6) is 11.5 Å². The minimum absolute atomic E-state index is 0.00923. The highest BCUT2D eigenvalue weighted by Crippen LogP contribution is 2.34. The first-order valence-corrected chi connectivity index (χ1v) is 13.7. The van der Waals surface area contributed by atoms with Gasteiger partial charge in [0.15, 0.2) is 23.7 Å². The molecule has 3 unspecified atom stereocenters. The Morgan fingerprint density at radius 3 is 2.00 bits per heavy atom. The van der Waals surface area contributed by atoms with Crippen molar-refractivity contribution in [2.24, 2.45) is 5.73 Å². The van der Waals surface area contributed by atoms with Gasteiger partial charge in [-0.1, -0.05) is 26.8 Å². The van der Waals surface area contributed by atoms with Crippen molar-refractivity contribution in [2.45, 2.75) is 109 Å². The molecule has 1 heterocycles. The Morgan fingerprint density at radius 1 is 0.927 bits per heavy atom. The lowest BCUT2D eigenvalue weighted by atomic mass is 9.92. The Balaban J connectivity index is 2.30. The van der Waals surface area contributed by atoms with E-state index in [-0.39, 0.29) is 31.4 Å². The molecule has 0 radical (unpaired) electrons. The van der Waals surface area contributed by atoms with Gasteiger partial charge in [-0.15, -0.1) is 0 Å². The summed E-state index contributed by atoms with van der Waals surface area (Å²) in [4.78, 5) is 50.4. The van der Waals surface area contributed by atoms with E-state index in [4.69, 9.17) is 29.4 Å². The summed E-state index contributed by atoms with van der Waals surface area (Å²) >= 11 is 0. The molecule has 1 aliphatic rings. The third-order valence-corrected chi connectivity index (χ3v) is 6.22. The smallest absolute Gasteiger partial charge is 0.328 e. The predicted octanol–water partition coefficient (Wildman–Crippen LogP) is 3.25. The van der Waals surface area contributed by atoms with Gasteiger partial charge in [-0.2, -0.15) is 0 Å². The number of phenols is 2. The number of hydrogen-bond acceptors (Lipinski definition) is 12. The van der Waals surface area contributed by atoms with E-state index in [2.05, 4.69) is 0 Å². The molecule has 230 valence electrons. The number of halogens is 1. The standard InChI is InChI=1S/C28H40FNO11/c1-5-8-21(33)38-20-15-37-26(25(40-23(35)10-7-3)24(20)39-22(34)9-6-2)41-27(36)28(4,30)14-17(29)16-11-12-18(31)19(32)13-16/h11-13,17,20,24-26,31-32H,5-10,14-15,30H2,1-4H3/t17?,20-,24+,25-,26?,28?/m1/s1. The van der Waals surface area contributed by atoms with Gasteiger partial charge in [0, 0.05) is 25.7 Å². The van der Waals surface area contributed by atoms with Gasteiger partial charge in [-0.3, -0.25) is 14.4 Å². The summed E-state index contributed by atoms with van der Waals surface area (Å²) in [5.74, 6) is -4.05. The summed E-state index contributed by atoms with van der Waals surface area (Å²) in [5, 5.41) is 19.1. The van der Waals surface area contributed by atoms with Crippen molar-refractivity contribution in [1.82, 2.24) is 0 Å². The molecule has 1 saturated heterocycles. The average Bonchev–Trinajstić information content (AvgIpc) is 2.89. The average molecular weight is 586 g/mol. The Kier molecular flexibility index (Phi) is 12.8. The van der Waals surface area contributed by atoms with Crippen molar-refractivity contribution in [3.8, 4) is 11.5 Å². The Morgan fingerprint density at radius 2 is 1.46 bits per heavy atom. The van der Waals surface area contributed by atoms with Gasteiger partial charge in [0.25, 0.3) is 0 Å². The van der Waals surface area contributed by atoms with Gasteiger partial charge < -0.3 is 39.6 Å². The van der Waals surface area contributed by atoms with Crippen LogP contribution in [0.3, 0.4) is 0 Å². The first-order chi connectivity index (χ1) is 19.3. The van der Waals surface area contributed by atoms with Gasteiger partial charge in [0.2, 0.25) is 12.4 Å². The van der Waals surface area contributed by atoms with E-state index in [0.29, 0.717) is 19.3 Å². The Labute approximate surface area is 238 Å². The summed E-state index contributed by atoms with van der Waals surface area (Å²) in [5.41, 5.74) is 4.14. The first-order valence-electron chi connectivity index (χ1n) is 13.7. The quantitative estimate of drug-likeness (QED) is 0.165. The second kappa shape index (κ2) is 15.5. The number of carbonyl (C=O) groups is 4. The van der Waals surface area contributed by atoms with Crippen LogP contribution in [0.25, 0.3) is 0 Å². The number of hydrogen-bond donors (Lipinski definition) is 3. The highest BCUT2D eigenvalue weighted by Gasteiger charge is 2.50. The minimum Gasteiger partial charge on any atom is -0.504 e. The van der Waals surface area contributed by atoms with Crippen molar-refractivity contribution >= 4 is 23.9 Å². The predicted molar refractivity (Wildman–Crippen MR) is 141 cm³/mol. The number of ether oxygens (including phenoxy) is 5. The van der Waals surface area contributed by atoms with Crippen LogP contribution in [-0.4, -0.2) is 70.8 Å². The molecule has 1 aliphatic heterocycles. The van der Waals surface area contributed by atoms with Crippen LogP contribution in [0.15, 0.2) is 18.2 Å². The molecule has 41 heavy (non-hydrogen) atoms. The first kappa shape index (κ1) is 33.8. The molecule has 0 aliphatic carbocycles. The molecule has 2 rings (SSSR count). The van der Waals surface area contributed by atoms with E-state index in [1.807, 2.05) is 0 Å². The second-order valence-corrected chi connectivity index (χ2v) is 10.1. The number of nitrogens with two attached hydrogens (primary N) is 1. The third kappa shape index (κ3) is 9.85. The molecule has 0 bridgehead atoms. The largest absolute Gasteiger partial charge is 0.504 e. The van der Waals surface area contributed by atoms with E-state index >= 15 is 4.39 Å². The van der Waals surface area contributed by atoms with Crippen molar-refractivity contribution in [1.29, 1.82) is 0 Å². The second-order valence-electron chi connectivity index (χ2n) is 10.1. The minimum atomic E-state index is -1.94. The highest BCUT2D eigenvalue weighted by atomic mass is 19.1.